The Morgan fingerprint density at radius 3 is 2.46 bits per heavy atom. The number of anilines is 3. The Morgan fingerprint density at radius 2 is 1.92 bits per heavy atom. The van der Waals surface area contributed by atoms with Crippen molar-refractivity contribution < 1.29 is 9.90 Å². The minimum absolute atomic E-state index is 0.403. The molecule has 2 rings (SSSR count). The van der Waals surface area contributed by atoms with Gasteiger partial charge >= 0.3 is 6.09 Å². The maximum absolute atomic E-state index is 11.3. The predicted molar refractivity (Wildman–Crippen MR) is 94.4 cm³/mol. The SMILES string of the molecule is CC(C)(C)N(CCc1ccc(Nc2nccc(N)n2)cc1)C(=O)O. The van der Waals surface area contributed by atoms with Crippen molar-refractivity contribution in [1.29, 1.82) is 0 Å². The second-order valence-electron chi connectivity index (χ2n) is 6.48. The van der Waals surface area contributed by atoms with Crippen LogP contribution < -0.4 is 11.1 Å². The molecule has 1 aromatic carbocycles. The number of amides is 1. The summed E-state index contributed by atoms with van der Waals surface area (Å²) in [6.07, 6.45) is 1.34. The van der Waals surface area contributed by atoms with Crippen LogP contribution in [0.5, 0.6) is 0 Å². The molecule has 1 aromatic heterocycles. The van der Waals surface area contributed by atoms with Crippen molar-refractivity contribution in [3.8, 4) is 0 Å². The predicted octanol–water partition coefficient (Wildman–Crippen LogP) is 3.12. The number of nitrogen functional groups attached to an aromatic ring is 1. The number of aromatic nitrogens is 2. The number of rotatable bonds is 5. The molecule has 24 heavy (non-hydrogen) atoms. The van der Waals surface area contributed by atoms with E-state index in [4.69, 9.17) is 5.73 Å². The van der Waals surface area contributed by atoms with Gasteiger partial charge in [-0.2, -0.15) is 4.98 Å². The lowest BCUT2D eigenvalue weighted by Crippen LogP contribution is -2.45. The van der Waals surface area contributed by atoms with E-state index in [1.807, 2.05) is 45.0 Å². The second kappa shape index (κ2) is 7.16. The molecule has 0 spiro atoms. The van der Waals surface area contributed by atoms with Crippen molar-refractivity contribution >= 4 is 23.5 Å². The molecule has 0 atom stereocenters. The Balaban J connectivity index is 1.98. The van der Waals surface area contributed by atoms with Crippen LogP contribution in [-0.2, 0) is 6.42 Å². The van der Waals surface area contributed by atoms with Gasteiger partial charge in [-0.3, -0.25) is 0 Å². The van der Waals surface area contributed by atoms with Gasteiger partial charge in [-0.05, 0) is 51.0 Å². The Kier molecular flexibility index (Phi) is 5.23. The molecule has 0 saturated carbocycles. The molecule has 128 valence electrons. The van der Waals surface area contributed by atoms with Gasteiger partial charge in [-0.15, -0.1) is 0 Å². The molecule has 0 bridgehead atoms. The van der Waals surface area contributed by atoms with E-state index in [1.165, 1.54) is 4.90 Å². The Morgan fingerprint density at radius 1 is 1.25 bits per heavy atom. The summed E-state index contributed by atoms with van der Waals surface area (Å²) in [4.78, 5) is 21.0. The third-order valence-electron chi connectivity index (χ3n) is 3.55. The maximum atomic E-state index is 11.3. The van der Waals surface area contributed by atoms with E-state index in [-0.39, 0.29) is 0 Å². The van der Waals surface area contributed by atoms with Gasteiger partial charge in [0.1, 0.15) is 5.82 Å². The number of carboxylic acid groups (broad SMARTS) is 1. The van der Waals surface area contributed by atoms with Crippen molar-refractivity contribution in [3.05, 3.63) is 42.1 Å². The average molecular weight is 329 g/mol. The standard InChI is InChI=1S/C17H23N5O2/c1-17(2,3)22(16(23)24)11-9-12-4-6-13(7-5-12)20-15-19-10-8-14(18)21-15/h4-8,10H,9,11H2,1-3H3,(H,23,24)(H3,18,19,20,21). The normalized spacial score (nSPS) is 11.1. The number of hydrogen-bond acceptors (Lipinski definition) is 5. The van der Waals surface area contributed by atoms with Crippen LogP contribution in [0, 0.1) is 0 Å². The highest BCUT2D eigenvalue weighted by Gasteiger charge is 2.25. The molecule has 0 aliphatic rings. The molecule has 7 nitrogen and oxygen atoms in total. The van der Waals surface area contributed by atoms with Gasteiger partial charge < -0.3 is 21.1 Å². The van der Waals surface area contributed by atoms with Crippen molar-refractivity contribution in [2.24, 2.45) is 0 Å². The van der Waals surface area contributed by atoms with E-state index in [2.05, 4.69) is 15.3 Å². The van der Waals surface area contributed by atoms with Crippen LogP contribution in [0.25, 0.3) is 0 Å². The monoisotopic (exact) mass is 329 g/mol. The van der Waals surface area contributed by atoms with Gasteiger partial charge in [-0.25, -0.2) is 9.78 Å². The average Bonchev–Trinajstić information content (AvgIpc) is 2.47. The zero-order chi connectivity index (χ0) is 17.7. The number of nitrogens with one attached hydrogen (secondary N) is 1. The van der Waals surface area contributed by atoms with Gasteiger partial charge in [0.15, 0.2) is 0 Å². The summed E-state index contributed by atoms with van der Waals surface area (Å²) in [6.45, 7) is 6.11. The summed E-state index contributed by atoms with van der Waals surface area (Å²) in [7, 11) is 0. The van der Waals surface area contributed by atoms with Gasteiger partial charge in [0.2, 0.25) is 5.95 Å². The summed E-state index contributed by atoms with van der Waals surface area (Å²) < 4.78 is 0. The van der Waals surface area contributed by atoms with Crippen LogP contribution in [0.4, 0.5) is 22.2 Å². The topological polar surface area (TPSA) is 104 Å². The molecule has 0 fully saturated rings. The minimum Gasteiger partial charge on any atom is -0.465 e. The number of carbonyl (C=O) groups is 1. The van der Waals surface area contributed by atoms with Gasteiger partial charge in [-0.1, -0.05) is 12.1 Å². The van der Waals surface area contributed by atoms with Crippen molar-refractivity contribution in [1.82, 2.24) is 14.9 Å². The highest BCUT2D eigenvalue weighted by Crippen LogP contribution is 2.17. The molecule has 7 heteroatoms. The Hall–Kier alpha value is -2.83. The highest BCUT2D eigenvalue weighted by molar-refractivity contribution is 5.66. The zero-order valence-electron chi connectivity index (χ0n) is 14.2. The van der Waals surface area contributed by atoms with Crippen LogP contribution in [0.2, 0.25) is 0 Å². The fraction of sp³-hybridized carbons (Fsp3) is 0.353. The van der Waals surface area contributed by atoms with Crippen molar-refractivity contribution in [2.45, 2.75) is 32.7 Å². The molecule has 0 aliphatic carbocycles. The first kappa shape index (κ1) is 17.5. The molecule has 4 N–H and O–H groups in total. The van der Waals surface area contributed by atoms with Gasteiger partial charge in [0.25, 0.3) is 0 Å². The Bertz CT molecular complexity index is 695. The zero-order valence-corrected chi connectivity index (χ0v) is 14.2. The molecule has 0 aliphatic heterocycles. The second-order valence-corrected chi connectivity index (χ2v) is 6.48. The molecule has 0 saturated heterocycles. The first-order valence-corrected chi connectivity index (χ1v) is 7.71. The molecule has 0 unspecified atom stereocenters. The van der Waals surface area contributed by atoms with Gasteiger partial charge in [0, 0.05) is 24.0 Å². The Labute approximate surface area is 141 Å². The van der Waals surface area contributed by atoms with Crippen LogP contribution in [0.3, 0.4) is 0 Å². The number of nitrogens with zero attached hydrogens (tertiary/aromatic N) is 3. The molecule has 0 radical (unpaired) electrons. The van der Waals surface area contributed by atoms with E-state index in [9.17, 15) is 9.90 Å². The third-order valence-corrected chi connectivity index (χ3v) is 3.55. The summed E-state index contributed by atoms with van der Waals surface area (Å²) in [5.74, 6) is 0.840. The summed E-state index contributed by atoms with van der Waals surface area (Å²) in [5, 5.41) is 12.4. The van der Waals surface area contributed by atoms with Crippen LogP contribution in [0.15, 0.2) is 36.5 Å². The quantitative estimate of drug-likeness (QED) is 0.778. The van der Waals surface area contributed by atoms with Crippen LogP contribution >= 0.6 is 0 Å². The number of hydrogen-bond donors (Lipinski definition) is 3. The van der Waals surface area contributed by atoms with E-state index in [0.717, 1.165) is 11.3 Å². The highest BCUT2D eigenvalue weighted by atomic mass is 16.4. The van der Waals surface area contributed by atoms with Crippen molar-refractivity contribution in [3.63, 3.8) is 0 Å². The van der Waals surface area contributed by atoms with Crippen LogP contribution in [0.1, 0.15) is 26.3 Å². The molecule has 1 heterocycles. The maximum Gasteiger partial charge on any atom is 0.407 e. The molecular formula is C17H23N5O2. The lowest BCUT2D eigenvalue weighted by molar-refractivity contribution is 0.101. The van der Waals surface area contributed by atoms with Crippen molar-refractivity contribution in [2.75, 3.05) is 17.6 Å². The lowest BCUT2D eigenvalue weighted by Gasteiger charge is -2.33. The fourth-order valence-electron chi connectivity index (χ4n) is 2.28. The van der Waals surface area contributed by atoms with E-state index >= 15 is 0 Å². The largest absolute Gasteiger partial charge is 0.465 e. The smallest absolute Gasteiger partial charge is 0.407 e. The first-order chi connectivity index (χ1) is 11.3. The van der Waals surface area contributed by atoms with E-state index in [1.54, 1.807) is 12.3 Å². The minimum atomic E-state index is -0.903. The number of benzene rings is 1. The molecule has 1 amide bonds. The fourth-order valence-corrected chi connectivity index (χ4v) is 2.28. The van der Waals surface area contributed by atoms with Crippen LogP contribution in [-0.4, -0.2) is 38.2 Å². The lowest BCUT2D eigenvalue weighted by atomic mass is 10.0. The van der Waals surface area contributed by atoms with E-state index in [0.29, 0.717) is 24.7 Å². The molecular weight excluding hydrogens is 306 g/mol. The molecule has 2 aromatic rings. The summed E-state index contributed by atoms with van der Waals surface area (Å²) >= 11 is 0. The third kappa shape index (κ3) is 4.84. The summed E-state index contributed by atoms with van der Waals surface area (Å²) in [6, 6.07) is 9.35. The first-order valence-electron chi connectivity index (χ1n) is 7.71. The number of nitrogens with two attached hydrogens (primary N) is 1. The summed E-state index contributed by atoms with van der Waals surface area (Å²) in [5.41, 5.74) is 7.10. The van der Waals surface area contributed by atoms with Gasteiger partial charge in [0.05, 0.1) is 0 Å². The van der Waals surface area contributed by atoms with E-state index < -0.39 is 11.6 Å².